The van der Waals surface area contributed by atoms with E-state index in [1.54, 1.807) is 0 Å². The molecule has 1 aliphatic heterocycles. The topological polar surface area (TPSA) is 3.24 Å². The molecule has 1 fully saturated rings. The van der Waals surface area contributed by atoms with E-state index in [0.29, 0.717) is 0 Å². The zero-order valence-electron chi connectivity index (χ0n) is 15.6. The summed E-state index contributed by atoms with van der Waals surface area (Å²) in [5.74, 6) is 0. The molecule has 0 atom stereocenters. The van der Waals surface area contributed by atoms with Crippen LogP contribution in [0, 0.1) is 6.92 Å². The maximum Gasteiger partial charge on any atom is 0.0236 e. The van der Waals surface area contributed by atoms with Crippen LogP contribution in [-0.4, -0.2) is 18.0 Å². The summed E-state index contributed by atoms with van der Waals surface area (Å²) in [4.78, 5) is 2.61. The molecule has 1 heterocycles. The molecule has 0 spiro atoms. The quantitative estimate of drug-likeness (QED) is 0.537. The molecule has 0 unspecified atom stereocenters. The number of nitrogens with zero attached hydrogens (tertiary/aromatic N) is 1. The Kier molecular flexibility index (Phi) is 5.17. The Morgan fingerprint density at radius 2 is 1.31 bits per heavy atom. The largest absolute Gasteiger partial charge is 0.299 e. The SMILES string of the molecule is Cc1c(CN2CCCCC2)ccc(-c2ccccc2)c1-c1ccccc1. The van der Waals surface area contributed by atoms with Gasteiger partial charge in [0.1, 0.15) is 0 Å². The van der Waals surface area contributed by atoms with Gasteiger partial charge in [-0.2, -0.15) is 0 Å². The van der Waals surface area contributed by atoms with Crippen LogP contribution in [0.3, 0.4) is 0 Å². The molecule has 3 aromatic rings. The van der Waals surface area contributed by atoms with Crippen LogP contribution in [0.15, 0.2) is 72.8 Å². The third-order valence-electron chi connectivity index (χ3n) is 5.57. The zero-order valence-corrected chi connectivity index (χ0v) is 15.6. The van der Waals surface area contributed by atoms with Gasteiger partial charge in [-0.25, -0.2) is 0 Å². The zero-order chi connectivity index (χ0) is 17.8. The van der Waals surface area contributed by atoms with Crippen molar-refractivity contribution in [1.82, 2.24) is 4.90 Å². The van der Waals surface area contributed by atoms with Crippen molar-refractivity contribution in [2.75, 3.05) is 13.1 Å². The van der Waals surface area contributed by atoms with Gasteiger partial charge in [-0.05, 0) is 66.2 Å². The Bertz CT molecular complexity index is 846. The number of hydrogen-bond donors (Lipinski definition) is 0. The number of piperidine rings is 1. The normalized spacial score (nSPS) is 15.1. The molecule has 1 heteroatoms. The summed E-state index contributed by atoms with van der Waals surface area (Å²) in [7, 11) is 0. The maximum absolute atomic E-state index is 2.61. The molecular weight excluding hydrogens is 314 g/mol. The average Bonchev–Trinajstić information content (AvgIpc) is 2.71. The second kappa shape index (κ2) is 7.88. The summed E-state index contributed by atoms with van der Waals surface area (Å²) in [5, 5.41) is 0. The van der Waals surface area contributed by atoms with Gasteiger partial charge in [0.25, 0.3) is 0 Å². The van der Waals surface area contributed by atoms with Gasteiger partial charge in [0, 0.05) is 6.54 Å². The molecule has 0 aromatic heterocycles. The average molecular weight is 341 g/mol. The maximum atomic E-state index is 2.61. The smallest absolute Gasteiger partial charge is 0.0236 e. The predicted molar refractivity (Wildman–Crippen MR) is 111 cm³/mol. The lowest BCUT2D eigenvalue weighted by atomic mass is 9.88. The van der Waals surface area contributed by atoms with Crippen molar-refractivity contribution >= 4 is 0 Å². The summed E-state index contributed by atoms with van der Waals surface area (Å²) in [6.45, 7) is 5.84. The first-order valence-electron chi connectivity index (χ1n) is 9.78. The molecule has 3 aromatic carbocycles. The van der Waals surface area contributed by atoms with Crippen LogP contribution in [0.4, 0.5) is 0 Å². The number of likely N-dealkylation sites (tertiary alicyclic amines) is 1. The van der Waals surface area contributed by atoms with Gasteiger partial charge in [-0.1, -0.05) is 79.2 Å². The monoisotopic (exact) mass is 341 g/mol. The molecule has 0 aliphatic carbocycles. The van der Waals surface area contributed by atoms with Gasteiger partial charge in [-0.15, -0.1) is 0 Å². The van der Waals surface area contributed by atoms with Crippen LogP contribution in [0.1, 0.15) is 30.4 Å². The lowest BCUT2D eigenvalue weighted by molar-refractivity contribution is 0.220. The van der Waals surface area contributed by atoms with Gasteiger partial charge in [0.2, 0.25) is 0 Å². The van der Waals surface area contributed by atoms with Crippen molar-refractivity contribution in [1.29, 1.82) is 0 Å². The fourth-order valence-electron chi connectivity index (χ4n) is 4.12. The van der Waals surface area contributed by atoms with E-state index in [9.17, 15) is 0 Å². The highest BCUT2D eigenvalue weighted by Crippen LogP contribution is 2.36. The fraction of sp³-hybridized carbons (Fsp3) is 0.280. The molecule has 4 rings (SSSR count). The van der Waals surface area contributed by atoms with Gasteiger partial charge in [-0.3, -0.25) is 4.90 Å². The van der Waals surface area contributed by atoms with Crippen molar-refractivity contribution in [3.05, 3.63) is 83.9 Å². The van der Waals surface area contributed by atoms with Gasteiger partial charge >= 0.3 is 0 Å². The highest BCUT2D eigenvalue weighted by atomic mass is 15.1. The lowest BCUT2D eigenvalue weighted by Crippen LogP contribution is -2.29. The van der Waals surface area contributed by atoms with Crippen LogP contribution in [0.2, 0.25) is 0 Å². The number of hydrogen-bond acceptors (Lipinski definition) is 1. The molecule has 1 saturated heterocycles. The summed E-state index contributed by atoms with van der Waals surface area (Å²) in [6, 6.07) is 26.3. The Morgan fingerprint density at radius 3 is 1.96 bits per heavy atom. The Balaban J connectivity index is 1.79. The van der Waals surface area contributed by atoms with E-state index in [1.165, 1.54) is 65.7 Å². The molecule has 1 aliphatic rings. The van der Waals surface area contributed by atoms with Crippen molar-refractivity contribution in [2.45, 2.75) is 32.7 Å². The van der Waals surface area contributed by atoms with Crippen molar-refractivity contribution < 1.29 is 0 Å². The van der Waals surface area contributed by atoms with E-state index in [1.807, 2.05) is 0 Å². The lowest BCUT2D eigenvalue weighted by Gasteiger charge is -2.28. The first-order chi connectivity index (χ1) is 12.8. The molecule has 0 radical (unpaired) electrons. The first-order valence-corrected chi connectivity index (χ1v) is 9.78. The van der Waals surface area contributed by atoms with E-state index >= 15 is 0 Å². The van der Waals surface area contributed by atoms with Gasteiger partial charge in [0.15, 0.2) is 0 Å². The highest BCUT2D eigenvalue weighted by Gasteiger charge is 2.16. The second-order valence-corrected chi connectivity index (χ2v) is 7.34. The standard InChI is InChI=1S/C25H27N/c1-20-23(19-26-17-9-4-10-18-26)15-16-24(21-11-5-2-6-12-21)25(20)22-13-7-3-8-14-22/h2-3,5-8,11-16H,4,9-10,17-19H2,1H3. The third kappa shape index (κ3) is 3.59. The van der Waals surface area contributed by atoms with E-state index in [0.717, 1.165) is 6.54 Å². The van der Waals surface area contributed by atoms with Crippen molar-refractivity contribution in [3.8, 4) is 22.3 Å². The molecule has 0 amide bonds. The van der Waals surface area contributed by atoms with E-state index in [-0.39, 0.29) is 0 Å². The minimum atomic E-state index is 1.07. The number of benzene rings is 3. The first kappa shape index (κ1) is 17.1. The molecular formula is C25H27N. The molecule has 26 heavy (non-hydrogen) atoms. The fourth-order valence-corrected chi connectivity index (χ4v) is 4.12. The predicted octanol–water partition coefficient (Wildman–Crippen LogP) is 6.31. The third-order valence-corrected chi connectivity index (χ3v) is 5.57. The molecule has 0 N–H and O–H groups in total. The minimum Gasteiger partial charge on any atom is -0.299 e. The summed E-state index contributed by atoms with van der Waals surface area (Å²) >= 11 is 0. The van der Waals surface area contributed by atoms with E-state index in [2.05, 4.69) is 84.6 Å². The summed E-state index contributed by atoms with van der Waals surface area (Å²) < 4.78 is 0. The second-order valence-electron chi connectivity index (χ2n) is 7.34. The number of rotatable bonds is 4. The summed E-state index contributed by atoms with van der Waals surface area (Å²) in [5.41, 5.74) is 8.19. The van der Waals surface area contributed by atoms with Crippen LogP contribution < -0.4 is 0 Å². The Morgan fingerprint density at radius 1 is 0.692 bits per heavy atom. The van der Waals surface area contributed by atoms with Crippen LogP contribution >= 0.6 is 0 Å². The van der Waals surface area contributed by atoms with Crippen LogP contribution in [0.5, 0.6) is 0 Å². The molecule has 0 bridgehead atoms. The summed E-state index contributed by atoms with van der Waals surface area (Å²) in [6.07, 6.45) is 4.07. The van der Waals surface area contributed by atoms with Crippen LogP contribution in [0.25, 0.3) is 22.3 Å². The highest BCUT2D eigenvalue weighted by molar-refractivity contribution is 5.86. The van der Waals surface area contributed by atoms with Crippen molar-refractivity contribution in [2.24, 2.45) is 0 Å². The molecule has 132 valence electrons. The molecule has 1 nitrogen and oxygen atoms in total. The van der Waals surface area contributed by atoms with Gasteiger partial charge in [0.05, 0.1) is 0 Å². The molecule has 0 saturated carbocycles. The van der Waals surface area contributed by atoms with Crippen LogP contribution in [-0.2, 0) is 6.54 Å². The van der Waals surface area contributed by atoms with E-state index < -0.39 is 0 Å². The minimum absolute atomic E-state index is 1.07. The Hall–Kier alpha value is -2.38. The van der Waals surface area contributed by atoms with Crippen molar-refractivity contribution in [3.63, 3.8) is 0 Å². The van der Waals surface area contributed by atoms with Gasteiger partial charge < -0.3 is 0 Å². The Labute approximate surface area is 157 Å². The van der Waals surface area contributed by atoms with E-state index in [4.69, 9.17) is 0 Å².